The third-order valence-corrected chi connectivity index (χ3v) is 4.92. The molecule has 0 spiro atoms. The summed E-state index contributed by atoms with van der Waals surface area (Å²) >= 11 is 0. The zero-order valence-electron chi connectivity index (χ0n) is 13.6. The average Bonchev–Trinajstić information content (AvgIpc) is 2.66. The van der Waals surface area contributed by atoms with Crippen LogP contribution >= 0.6 is 0 Å². The minimum absolute atomic E-state index is 0.0824. The molecule has 3 heteroatoms. The standard InChI is InChI=1S/C21H19NO2/c1-24-19-13-11-15-7-3-5-9-17(15)21(19)20-16-8-4-2-6-14(16)10-12-18(20)22-23/h2-9,11,13,20,23H,10,12H2,1H3/b22-18-/t20-/m1/s1. The first-order chi connectivity index (χ1) is 11.8. The van der Waals surface area contributed by atoms with Crippen molar-refractivity contribution in [2.45, 2.75) is 18.8 Å². The molecule has 3 nitrogen and oxygen atoms in total. The highest BCUT2D eigenvalue weighted by Crippen LogP contribution is 2.42. The van der Waals surface area contributed by atoms with Gasteiger partial charge in [0.05, 0.1) is 18.7 Å². The molecule has 0 amide bonds. The smallest absolute Gasteiger partial charge is 0.123 e. The molecule has 0 saturated carbocycles. The topological polar surface area (TPSA) is 41.8 Å². The van der Waals surface area contributed by atoms with E-state index < -0.39 is 0 Å². The second-order valence-corrected chi connectivity index (χ2v) is 6.13. The van der Waals surface area contributed by atoms with E-state index in [1.807, 2.05) is 24.3 Å². The second-order valence-electron chi connectivity index (χ2n) is 6.13. The molecule has 0 aliphatic heterocycles. The van der Waals surface area contributed by atoms with Gasteiger partial charge in [-0.1, -0.05) is 59.8 Å². The van der Waals surface area contributed by atoms with Gasteiger partial charge in [-0.3, -0.25) is 0 Å². The summed E-state index contributed by atoms with van der Waals surface area (Å²) in [6.07, 6.45) is 1.66. The SMILES string of the molecule is COc1ccc2ccccc2c1[C@H]1/C(=N\O)CCc2ccccc21. The van der Waals surface area contributed by atoms with Crippen molar-refractivity contribution in [3.63, 3.8) is 0 Å². The molecule has 0 aromatic heterocycles. The lowest BCUT2D eigenvalue weighted by Crippen LogP contribution is -2.22. The minimum Gasteiger partial charge on any atom is -0.496 e. The van der Waals surface area contributed by atoms with Crippen LogP contribution in [0.3, 0.4) is 0 Å². The fourth-order valence-corrected chi connectivity index (χ4v) is 3.81. The van der Waals surface area contributed by atoms with Crippen LogP contribution < -0.4 is 4.74 Å². The number of fused-ring (bicyclic) bond motifs is 2. The van der Waals surface area contributed by atoms with Crippen LogP contribution in [0.2, 0.25) is 0 Å². The Balaban J connectivity index is 2.05. The fourth-order valence-electron chi connectivity index (χ4n) is 3.81. The van der Waals surface area contributed by atoms with Gasteiger partial charge in [0.25, 0.3) is 0 Å². The molecule has 120 valence electrons. The van der Waals surface area contributed by atoms with Gasteiger partial charge in [-0.2, -0.15) is 0 Å². The van der Waals surface area contributed by atoms with Gasteiger partial charge in [0.1, 0.15) is 5.75 Å². The van der Waals surface area contributed by atoms with E-state index in [0.29, 0.717) is 0 Å². The highest BCUT2D eigenvalue weighted by atomic mass is 16.5. The number of hydrogen-bond acceptors (Lipinski definition) is 3. The van der Waals surface area contributed by atoms with E-state index in [-0.39, 0.29) is 5.92 Å². The van der Waals surface area contributed by atoms with Crippen LogP contribution in [0, 0.1) is 0 Å². The number of methoxy groups -OCH3 is 1. The molecule has 0 heterocycles. The number of ether oxygens (including phenoxy) is 1. The molecular formula is C21H19NO2. The third-order valence-electron chi connectivity index (χ3n) is 4.92. The predicted molar refractivity (Wildman–Crippen MR) is 96.3 cm³/mol. The summed E-state index contributed by atoms with van der Waals surface area (Å²) in [5.41, 5.74) is 4.38. The Morgan fingerprint density at radius 2 is 1.75 bits per heavy atom. The molecule has 1 aliphatic carbocycles. The first-order valence-electron chi connectivity index (χ1n) is 8.17. The van der Waals surface area contributed by atoms with Gasteiger partial charge >= 0.3 is 0 Å². The fraction of sp³-hybridized carbons (Fsp3) is 0.190. The predicted octanol–water partition coefficient (Wildman–Crippen LogP) is 4.76. The van der Waals surface area contributed by atoms with Crippen molar-refractivity contribution in [3.8, 4) is 5.75 Å². The molecule has 24 heavy (non-hydrogen) atoms. The summed E-state index contributed by atoms with van der Waals surface area (Å²) in [6.45, 7) is 0. The van der Waals surface area contributed by atoms with Gasteiger partial charge in [0, 0.05) is 5.56 Å². The lowest BCUT2D eigenvalue weighted by molar-refractivity contribution is 0.315. The summed E-state index contributed by atoms with van der Waals surface area (Å²) in [7, 11) is 1.69. The highest BCUT2D eigenvalue weighted by molar-refractivity contribution is 6.01. The molecule has 3 aromatic carbocycles. The number of hydrogen-bond donors (Lipinski definition) is 1. The number of benzene rings is 3. The second kappa shape index (κ2) is 6.00. The maximum atomic E-state index is 9.63. The molecule has 0 fully saturated rings. The molecule has 3 aromatic rings. The largest absolute Gasteiger partial charge is 0.496 e. The Morgan fingerprint density at radius 3 is 2.58 bits per heavy atom. The van der Waals surface area contributed by atoms with Crippen molar-refractivity contribution in [2.24, 2.45) is 5.16 Å². The van der Waals surface area contributed by atoms with Crippen LogP contribution in [0.15, 0.2) is 65.8 Å². The van der Waals surface area contributed by atoms with Gasteiger partial charge in [-0.05, 0) is 40.8 Å². The Morgan fingerprint density at radius 1 is 0.958 bits per heavy atom. The van der Waals surface area contributed by atoms with Gasteiger partial charge in [0.2, 0.25) is 0 Å². The summed E-state index contributed by atoms with van der Waals surface area (Å²) in [5, 5.41) is 15.6. The normalized spacial score (nSPS) is 18.5. The van der Waals surface area contributed by atoms with Crippen LogP contribution in [-0.4, -0.2) is 18.0 Å². The Labute approximate surface area is 141 Å². The lowest BCUT2D eigenvalue weighted by Gasteiger charge is -2.29. The van der Waals surface area contributed by atoms with Crippen LogP contribution in [-0.2, 0) is 6.42 Å². The minimum atomic E-state index is -0.0824. The molecule has 1 atom stereocenters. The molecule has 0 bridgehead atoms. The van der Waals surface area contributed by atoms with E-state index in [1.165, 1.54) is 11.1 Å². The van der Waals surface area contributed by atoms with Crippen LogP contribution in [0.25, 0.3) is 10.8 Å². The molecule has 1 N–H and O–H groups in total. The molecule has 4 rings (SSSR count). The highest BCUT2D eigenvalue weighted by Gasteiger charge is 2.31. The molecule has 1 aliphatic rings. The molecular weight excluding hydrogens is 298 g/mol. The van der Waals surface area contributed by atoms with Crippen molar-refractivity contribution in [1.82, 2.24) is 0 Å². The quantitative estimate of drug-likeness (QED) is 0.547. The maximum absolute atomic E-state index is 9.63. The number of nitrogens with zero attached hydrogens (tertiary/aromatic N) is 1. The summed E-state index contributed by atoms with van der Waals surface area (Å²) in [4.78, 5) is 0. The number of rotatable bonds is 2. The summed E-state index contributed by atoms with van der Waals surface area (Å²) < 4.78 is 5.68. The van der Waals surface area contributed by atoms with Gasteiger partial charge < -0.3 is 9.94 Å². The monoisotopic (exact) mass is 317 g/mol. The van der Waals surface area contributed by atoms with E-state index in [2.05, 4.69) is 41.6 Å². The van der Waals surface area contributed by atoms with Gasteiger partial charge in [0.15, 0.2) is 0 Å². The lowest BCUT2D eigenvalue weighted by atomic mass is 9.76. The van der Waals surface area contributed by atoms with Crippen molar-refractivity contribution >= 4 is 16.5 Å². The Bertz CT molecular complexity index is 930. The van der Waals surface area contributed by atoms with Gasteiger partial charge in [-0.25, -0.2) is 0 Å². The van der Waals surface area contributed by atoms with Gasteiger partial charge in [-0.15, -0.1) is 0 Å². The first kappa shape index (κ1) is 14.8. The summed E-state index contributed by atoms with van der Waals surface area (Å²) in [6, 6.07) is 20.8. The van der Waals surface area contributed by atoms with Crippen molar-refractivity contribution < 1.29 is 9.94 Å². The zero-order chi connectivity index (χ0) is 16.5. The Kier molecular flexibility index (Phi) is 3.69. The van der Waals surface area contributed by atoms with Crippen molar-refractivity contribution in [3.05, 3.63) is 77.4 Å². The van der Waals surface area contributed by atoms with Crippen LogP contribution in [0.1, 0.15) is 29.0 Å². The number of aryl methyl sites for hydroxylation is 1. The third kappa shape index (κ3) is 2.24. The van der Waals surface area contributed by atoms with E-state index in [9.17, 15) is 5.21 Å². The van der Waals surface area contributed by atoms with Crippen molar-refractivity contribution in [1.29, 1.82) is 0 Å². The molecule has 0 unspecified atom stereocenters. The van der Waals surface area contributed by atoms with E-state index >= 15 is 0 Å². The van der Waals surface area contributed by atoms with Crippen LogP contribution in [0.4, 0.5) is 0 Å². The summed E-state index contributed by atoms with van der Waals surface area (Å²) in [5.74, 6) is 0.748. The van der Waals surface area contributed by atoms with E-state index in [1.54, 1.807) is 7.11 Å². The maximum Gasteiger partial charge on any atom is 0.123 e. The van der Waals surface area contributed by atoms with Crippen LogP contribution in [0.5, 0.6) is 5.75 Å². The van der Waals surface area contributed by atoms with E-state index in [0.717, 1.165) is 40.6 Å². The molecule has 0 saturated heterocycles. The first-order valence-corrected chi connectivity index (χ1v) is 8.17. The molecule has 0 radical (unpaired) electrons. The van der Waals surface area contributed by atoms with Crippen molar-refractivity contribution in [2.75, 3.05) is 7.11 Å². The number of oxime groups is 1. The van der Waals surface area contributed by atoms with E-state index in [4.69, 9.17) is 4.74 Å². The average molecular weight is 317 g/mol. The Hall–Kier alpha value is -2.81. The zero-order valence-corrected chi connectivity index (χ0v) is 13.6.